The fourth-order valence-electron chi connectivity index (χ4n) is 2.71. The molecule has 146 valence electrons. The van der Waals surface area contributed by atoms with E-state index < -0.39 is 5.91 Å². The number of pyridine rings is 1. The van der Waals surface area contributed by atoms with Crippen LogP contribution >= 0.6 is 12.2 Å². The summed E-state index contributed by atoms with van der Waals surface area (Å²) in [5.41, 5.74) is 2.18. The summed E-state index contributed by atoms with van der Waals surface area (Å²) in [6, 6.07) is 10.8. The smallest absolute Gasteiger partial charge is 0.293 e. The highest BCUT2D eigenvalue weighted by atomic mass is 32.1. The zero-order chi connectivity index (χ0) is 19.9. The van der Waals surface area contributed by atoms with Crippen molar-refractivity contribution in [1.82, 2.24) is 10.3 Å². The molecule has 6 nitrogen and oxygen atoms in total. The second-order valence-corrected chi connectivity index (χ2v) is 6.82. The van der Waals surface area contributed by atoms with E-state index in [-0.39, 0.29) is 10.9 Å². The average molecular weight is 398 g/mol. The van der Waals surface area contributed by atoms with Crippen LogP contribution in [0.15, 0.2) is 47.0 Å². The number of nitrogens with zero attached hydrogens (tertiary/aromatic N) is 1. The minimum absolute atomic E-state index is 0.186. The Bertz CT molecular complexity index is 967. The van der Waals surface area contributed by atoms with Gasteiger partial charge in [-0.3, -0.25) is 15.1 Å². The Morgan fingerprint density at radius 2 is 2.00 bits per heavy atom. The molecule has 3 aromatic rings. The van der Waals surface area contributed by atoms with E-state index in [9.17, 15) is 4.79 Å². The molecule has 0 aliphatic rings. The number of hydrogen-bond acceptors (Lipinski definition) is 5. The van der Waals surface area contributed by atoms with Gasteiger partial charge in [0.2, 0.25) is 0 Å². The fraction of sp³-hybridized carbons (Fsp3) is 0.286. The highest BCUT2D eigenvalue weighted by molar-refractivity contribution is 7.80. The van der Waals surface area contributed by atoms with Crippen molar-refractivity contribution in [3.05, 3.63) is 54.0 Å². The SMILES string of the molecule is CCCCCOc1ccc(NC(=S)NC(=O)c2cc3c(C)nccc3o2)cc1. The van der Waals surface area contributed by atoms with Crippen LogP contribution in [0.5, 0.6) is 5.75 Å². The Kier molecular flexibility index (Phi) is 6.60. The Balaban J connectivity index is 1.54. The number of carbonyl (C=O) groups is 1. The summed E-state index contributed by atoms with van der Waals surface area (Å²) >= 11 is 5.22. The standard InChI is InChI=1S/C21H23N3O3S/c1-3-4-5-12-26-16-8-6-15(7-9-16)23-21(28)24-20(25)19-13-17-14(2)22-11-10-18(17)27-19/h6-11,13H,3-5,12H2,1-2H3,(H2,23,24,25,28). The van der Waals surface area contributed by atoms with E-state index in [1.807, 2.05) is 31.2 Å². The van der Waals surface area contributed by atoms with E-state index in [2.05, 4.69) is 22.5 Å². The van der Waals surface area contributed by atoms with Gasteiger partial charge in [0, 0.05) is 23.0 Å². The van der Waals surface area contributed by atoms with Crippen LogP contribution in [0.3, 0.4) is 0 Å². The van der Waals surface area contributed by atoms with Gasteiger partial charge in [0.25, 0.3) is 5.91 Å². The van der Waals surface area contributed by atoms with Gasteiger partial charge >= 0.3 is 0 Å². The van der Waals surface area contributed by atoms with E-state index in [1.54, 1.807) is 18.3 Å². The van der Waals surface area contributed by atoms with Crippen molar-refractivity contribution in [3.63, 3.8) is 0 Å². The van der Waals surface area contributed by atoms with Crippen molar-refractivity contribution < 1.29 is 13.9 Å². The van der Waals surface area contributed by atoms with Crippen molar-refractivity contribution in [1.29, 1.82) is 0 Å². The van der Waals surface area contributed by atoms with Crippen LogP contribution in [0.25, 0.3) is 11.0 Å². The first-order valence-corrected chi connectivity index (χ1v) is 9.68. The molecule has 2 N–H and O–H groups in total. The lowest BCUT2D eigenvalue weighted by atomic mass is 10.2. The van der Waals surface area contributed by atoms with Crippen LogP contribution < -0.4 is 15.4 Å². The molecular weight excluding hydrogens is 374 g/mol. The molecule has 2 aromatic heterocycles. The van der Waals surface area contributed by atoms with E-state index in [0.29, 0.717) is 12.2 Å². The summed E-state index contributed by atoms with van der Waals surface area (Å²) < 4.78 is 11.3. The Hall–Kier alpha value is -2.93. The van der Waals surface area contributed by atoms with Crippen LogP contribution in [0.4, 0.5) is 5.69 Å². The number of nitrogens with one attached hydrogen (secondary N) is 2. The average Bonchev–Trinajstić information content (AvgIpc) is 3.12. The topological polar surface area (TPSA) is 76.4 Å². The maximum Gasteiger partial charge on any atom is 0.293 e. The van der Waals surface area contributed by atoms with Crippen LogP contribution in [0, 0.1) is 6.92 Å². The molecule has 1 aromatic carbocycles. The van der Waals surface area contributed by atoms with Crippen LogP contribution in [0.2, 0.25) is 0 Å². The number of benzene rings is 1. The predicted molar refractivity (Wildman–Crippen MR) is 114 cm³/mol. The first-order valence-electron chi connectivity index (χ1n) is 9.27. The molecule has 0 atom stereocenters. The van der Waals surface area contributed by atoms with Crippen molar-refractivity contribution >= 4 is 39.9 Å². The van der Waals surface area contributed by atoms with Gasteiger partial charge in [-0.2, -0.15) is 0 Å². The zero-order valence-electron chi connectivity index (χ0n) is 16.0. The second-order valence-electron chi connectivity index (χ2n) is 6.41. The molecule has 0 unspecified atom stereocenters. The summed E-state index contributed by atoms with van der Waals surface area (Å²) in [6.45, 7) is 4.74. The Morgan fingerprint density at radius 1 is 1.21 bits per heavy atom. The highest BCUT2D eigenvalue weighted by Crippen LogP contribution is 2.21. The van der Waals surface area contributed by atoms with Crippen LogP contribution in [-0.2, 0) is 0 Å². The minimum atomic E-state index is -0.413. The number of furan rings is 1. The van der Waals surface area contributed by atoms with Gasteiger partial charge in [0.15, 0.2) is 10.9 Å². The summed E-state index contributed by atoms with van der Waals surface area (Å²) in [5, 5.41) is 6.60. The molecule has 28 heavy (non-hydrogen) atoms. The minimum Gasteiger partial charge on any atom is -0.494 e. The van der Waals surface area contributed by atoms with Crippen molar-refractivity contribution in [3.8, 4) is 5.75 Å². The number of anilines is 1. The molecule has 0 saturated carbocycles. The first kappa shape index (κ1) is 19.8. The molecule has 3 rings (SSSR count). The molecule has 0 aliphatic carbocycles. The summed E-state index contributed by atoms with van der Waals surface area (Å²) in [6.07, 6.45) is 5.02. The van der Waals surface area contributed by atoms with Gasteiger partial charge in [-0.25, -0.2) is 0 Å². The predicted octanol–water partition coefficient (Wildman–Crippen LogP) is 4.83. The van der Waals surface area contributed by atoms with Crippen molar-refractivity contribution in [2.75, 3.05) is 11.9 Å². The van der Waals surface area contributed by atoms with E-state index >= 15 is 0 Å². The van der Waals surface area contributed by atoms with Gasteiger partial charge in [0.1, 0.15) is 11.3 Å². The first-order chi connectivity index (χ1) is 13.6. The molecule has 0 bridgehead atoms. The largest absolute Gasteiger partial charge is 0.494 e. The number of fused-ring (bicyclic) bond motifs is 1. The number of thiocarbonyl (C=S) groups is 1. The van der Waals surface area contributed by atoms with E-state index in [0.717, 1.165) is 35.4 Å². The molecule has 0 radical (unpaired) electrons. The maximum absolute atomic E-state index is 12.4. The summed E-state index contributed by atoms with van der Waals surface area (Å²) in [4.78, 5) is 16.6. The third-order valence-corrected chi connectivity index (χ3v) is 4.43. The zero-order valence-corrected chi connectivity index (χ0v) is 16.8. The number of amides is 1. The number of aromatic nitrogens is 1. The monoisotopic (exact) mass is 397 g/mol. The van der Waals surface area contributed by atoms with Gasteiger partial charge in [0.05, 0.1) is 6.61 Å². The molecule has 0 aliphatic heterocycles. The van der Waals surface area contributed by atoms with E-state index in [1.165, 1.54) is 6.42 Å². The maximum atomic E-state index is 12.4. The van der Waals surface area contributed by atoms with Crippen LogP contribution in [-0.4, -0.2) is 22.6 Å². The third kappa shape index (κ3) is 5.07. The van der Waals surface area contributed by atoms with Gasteiger partial charge < -0.3 is 14.5 Å². The van der Waals surface area contributed by atoms with E-state index in [4.69, 9.17) is 21.4 Å². The van der Waals surface area contributed by atoms with Gasteiger partial charge in [-0.1, -0.05) is 19.8 Å². The molecule has 0 fully saturated rings. The summed E-state index contributed by atoms with van der Waals surface area (Å²) in [7, 11) is 0. The molecule has 7 heteroatoms. The molecule has 1 amide bonds. The normalized spacial score (nSPS) is 10.6. The lowest BCUT2D eigenvalue weighted by Crippen LogP contribution is -2.33. The lowest BCUT2D eigenvalue weighted by molar-refractivity contribution is 0.0953. The number of rotatable bonds is 7. The van der Waals surface area contributed by atoms with Crippen molar-refractivity contribution in [2.24, 2.45) is 0 Å². The number of hydrogen-bond donors (Lipinski definition) is 2. The quantitative estimate of drug-likeness (QED) is 0.439. The molecule has 2 heterocycles. The Morgan fingerprint density at radius 3 is 2.71 bits per heavy atom. The second kappa shape index (κ2) is 9.32. The summed E-state index contributed by atoms with van der Waals surface area (Å²) in [5.74, 6) is 0.581. The van der Waals surface area contributed by atoms with Crippen LogP contribution in [0.1, 0.15) is 42.4 Å². The van der Waals surface area contributed by atoms with Gasteiger partial charge in [-0.05, 0) is 62.0 Å². The number of ether oxygens (including phenoxy) is 1. The lowest BCUT2D eigenvalue weighted by Gasteiger charge is -2.10. The van der Waals surface area contributed by atoms with Crippen molar-refractivity contribution in [2.45, 2.75) is 33.1 Å². The number of unbranched alkanes of at least 4 members (excludes halogenated alkanes) is 2. The molecule has 0 saturated heterocycles. The molecule has 0 spiro atoms. The fourth-order valence-corrected chi connectivity index (χ4v) is 2.92. The number of aryl methyl sites for hydroxylation is 1. The molecular formula is C21H23N3O3S. The third-order valence-electron chi connectivity index (χ3n) is 4.22. The Labute approximate surface area is 169 Å². The highest BCUT2D eigenvalue weighted by Gasteiger charge is 2.15. The van der Waals surface area contributed by atoms with Gasteiger partial charge in [-0.15, -0.1) is 0 Å². The number of carbonyl (C=O) groups excluding carboxylic acids is 1.